The van der Waals surface area contributed by atoms with Gasteiger partial charge in [0.2, 0.25) is 0 Å². The minimum Gasteiger partial charge on any atom is -0.389 e. The van der Waals surface area contributed by atoms with E-state index in [1.54, 1.807) is 0 Å². The van der Waals surface area contributed by atoms with Crippen LogP contribution in [0.1, 0.15) is 20.8 Å². The molecule has 1 fully saturated rings. The van der Waals surface area contributed by atoms with Gasteiger partial charge in [0, 0.05) is 38.4 Å². The molecule has 1 aliphatic heterocycles. The number of halogens is 1. The summed E-state index contributed by atoms with van der Waals surface area (Å²) in [6, 6.07) is 6.62. The number of hydrogen-bond acceptors (Lipinski definition) is 4. The molecular formula is C17H27FN2O2. The largest absolute Gasteiger partial charge is 0.389 e. The Morgan fingerprint density at radius 2 is 1.73 bits per heavy atom. The number of β-amino-alcohol motifs (C(OH)–C–C–N with tert-alkyl or cyclic N) is 1. The van der Waals surface area contributed by atoms with Crippen molar-refractivity contribution in [2.24, 2.45) is 0 Å². The van der Waals surface area contributed by atoms with Gasteiger partial charge in [0.1, 0.15) is 5.82 Å². The summed E-state index contributed by atoms with van der Waals surface area (Å²) in [7, 11) is 0. The van der Waals surface area contributed by atoms with Crippen LogP contribution in [0.25, 0.3) is 0 Å². The Labute approximate surface area is 132 Å². The van der Waals surface area contributed by atoms with Crippen LogP contribution in [0.2, 0.25) is 0 Å². The van der Waals surface area contributed by atoms with Crippen molar-refractivity contribution in [2.75, 3.05) is 44.2 Å². The van der Waals surface area contributed by atoms with Crippen molar-refractivity contribution in [3.8, 4) is 0 Å². The molecule has 1 saturated heterocycles. The zero-order valence-corrected chi connectivity index (χ0v) is 13.8. The molecule has 1 aromatic rings. The lowest BCUT2D eigenvalue weighted by atomic mass is 10.2. The Bertz CT molecular complexity index is 451. The van der Waals surface area contributed by atoms with E-state index in [2.05, 4.69) is 9.80 Å². The standard InChI is InChI=1S/C17H27FN2O2/c1-17(2,3)22-13-16(21)12-19-8-10-20(11-9-19)15-6-4-14(18)5-7-15/h4-7,16,21H,8-13H2,1-3H3. The Morgan fingerprint density at radius 3 is 2.27 bits per heavy atom. The van der Waals surface area contributed by atoms with Crippen molar-refractivity contribution < 1.29 is 14.2 Å². The average Bonchev–Trinajstić information content (AvgIpc) is 2.46. The quantitative estimate of drug-likeness (QED) is 0.904. The van der Waals surface area contributed by atoms with Crippen LogP contribution in [0.3, 0.4) is 0 Å². The van der Waals surface area contributed by atoms with Crippen LogP contribution in [0.5, 0.6) is 0 Å². The normalized spacial score (nSPS) is 18.5. The molecule has 1 aliphatic rings. The maximum atomic E-state index is 12.9. The van der Waals surface area contributed by atoms with Gasteiger partial charge in [0.15, 0.2) is 0 Å². The van der Waals surface area contributed by atoms with Crippen molar-refractivity contribution >= 4 is 5.69 Å². The predicted octanol–water partition coefficient (Wildman–Crippen LogP) is 2.12. The first kappa shape index (κ1) is 17.2. The molecule has 2 rings (SSSR count). The smallest absolute Gasteiger partial charge is 0.123 e. The Hall–Kier alpha value is -1.17. The topological polar surface area (TPSA) is 35.9 Å². The molecule has 1 unspecified atom stereocenters. The molecule has 0 aromatic heterocycles. The van der Waals surface area contributed by atoms with Crippen LogP contribution >= 0.6 is 0 Å². The van der Waals surface area contributed by atoms with Gasteiger partial charge in [-0.25, -0.2) is 4.39 Å². The molecule has 5 heteroatoms. The SMILES string of the molecule is CC(C)(C)OCC(O)CN1CCN(c2ccc(F)cc2)CC1. The van der Waals surface area contributed by atoms with E-state index in [4.69, 9.17) is 4.74 Å². The van der Waals surface area contributed by atoms with E-state index in [9.17, 15) is 9.50 Å². The van der Waals surface area contributed by atoms with Crippen LogP contribution in [0, 0.1) is 5.82 Å². The van der Waals surface area contributed by atoms with Crippen molar-refractivity contribution in [3.05, 3.63) is 30.1 Å². The van der Waals surface area contributed by atoms with E-state index in [1.165, 1.54) is 12.1 Å². The van der Waals surface area contributed by atoms with Gasteiger partial charge in [-0.3, -0.25) is 4.90 Å². The van der Waals surface area contributed by atoms with Gasteiger partial charge in [-0.1, -0.05) is 0 Å². The Kier molecular flexibility index (Phi) is 5.78. The van der Waals surface area contributed by atoms with Crippen molar-refractivity contribution in [3.63, 3.8) is 0 Å². The van der Waals surface area contributed by atoms with E-state index in [0.717, 1.165) is 31.9 Å². The molecule has 0 spiro atoms. The number of ether oxygens (including phenoxy) is 1. The molecular weight excluding hydrogens is 283 g/mol. The van der Waals surface area contributed by atoms with Crippen LogP contribution in [0.15, 0.2) is 24.3 Å². The summed E-state index contributed by atoms with van der Waals surface area (Å²) in [4.78, 5) is 4.49. The summed E-state index contributed by atoms with van der Waals surface area (Å²) in [5.74, 6) is -0.204. The van der Waals surface area contributed by atoms with Crippen molar-refractivity contribution in [1.29, 1.82) is 0 Å². The van der Waals surface area contributed by atoms with Gasteiger partial charge in [0.05, 0.1) is 18.3 Å². The van der Waals surface area contributed by atoms with Crippen molar-refractivity contribution in [2.45, 2.75) is 32.5 Å². The predicted molar refractivity (Wildman–Crippen MR) is 86.8 cm³/mol. The van der Waals surface area contributed by atoms with Gasteiger partial charge < -0.3 is 14.7 Å². The highest BCUT2D eigenvalue weighted by atomic mass is 19.1. The zero-order valence-electron chi connectivity index (χ0n) is 13.8. The van der Waals surface area contributed by atoms with Crippen LogP contribution in [-0.4, -0.2) is 61.0 Å². The Morgan fingerprint density at radius 1 is 1.14 bits per heavy atom. The number of anilines is 1. The molecule has 1 aromatic carbocycles. The highest BCUT2D eigenvalue weighted by molar-refractivity contribution is 5.46. The first-order chi connectivity index (χ1) is 10.3. The van der Waals surface area contributed by atoms with E-state index < -0.39 is 6.10 Å². The van der Waals surface area contributed by atoms with Crippen LogP contribution in [0.4, 0.5) is 10.1 Å². The zero-order chi connectivity index (χ0) is 16.2. The van der Waals surface area contributed by atoms with Gasteiger partial charge in [0.25, 0.3) is 0 Å². The summed E-state index contributed by atoms with van der Waals surface area (Å²) in [6.07, 6.45) is -0.461. The second-order valence-corrected chi connectivity index (χ2v) is 6.84. The first-order valence-electron chi connectivity index (χ1n) is 7.88. The maximum Gasteiger partial charge on any atom is 0.123 e. The fourth-order valence-corrected chi connectivity index (χ4v) is 2.54. The number of benzene rings is 1. The summed E-state index contributed by atoms with van der Waals surface area (Å²) >= 11 is 0. The highest BCUT2D eigenvalue weighted by Gasteiger charge is 2.21. The van der Waals surface area contributed by atoms with E-state index in [-0.39, 0.29) is 11.4 Å². The third kappa shape index (κ3) is 5.55. The average molecular weight is 310 g/mol. The number of piperazine rings is 1. The lowest BCUT2D eigenvalue weighted by molar-refractivity contribution is -0.0563. The van der Waals surface area contributed by atoms with E-state index >= 15 is 0 Å². The minimum absolute atomic E-state index is 0.204. The molecule has 1 atom stereocenters. The third-order valence-electron chi connectivity index (χ3n) is 3.74. The van der Waals surface area contributed by atoms with Gasteiger partial charge in [-0.05, 0) is 45.0 Å². The second-order valence-electron chi connectivity index (χ2n) is 6.84. The monoisotopic (exact) mass is 310 g/mol. The molecule has 0 amide bonds. The molecule has 22 heavy (non-hydrogen) atoms. The second kappa shape index (κ2) is 7.40. The lowest BCUT2D eigenvalue weighted by Crippen LogP contribution is -2.49. The van der Waals surface area contributed by atoms with Gasteiger partial charge in [-0.2, -0.15) is 0 Å². The minimum atomic E-state index is -0.461. The molecule has 0 saturated carbocycles. The van der Waals surface area contributed by atoms with Gasteiger partial charge in [-0.15, -0.1) is 0 Å². The van der Waals surface area contributed by atoms with E-state index in [0.29, 0.717) is 13.2 Å². The molecule has 0 radical (unpaired) electrons. The molecule has 4 nitrogen and oxygen atoms in total. The number of rotatable bonds is 5. The molecule has 1 heterocycles. The molecule has 124 valence electrons. The number of nitrogens with zero attached hydrogens (tertiary/aromatic N) is 2. The van der Waals surface area contributed by atoms with Crippen LogP contribution in [-0.2, 0) is 4.74 Å². The molecule has 0 aliphatic carbocycles. The summed E-state index contributed by atoms with van der Waals surface area (Å²) < 4.78 is 18.6. The third-order valence-corrected chi connectivity index (χ3v) is 3.74. The number of aliphatic hydroxyl groups is 1. The fourth-order valence-electron chi connectivity index (χ4n) is 2.54. The fraction of sp³-hybridized carbons (Fsp3) is 0.647. The van der Waals surface area contributed by atoms with Crippen molar-refractivity contribution in [1.82, 2.24) is 4.90 Å². The molecule has 0 bridgehead atoms. The number of aliphatic hydroxyl groups excluding tert-OH is 1. The maximum absolute atomic E-state index is 12.9. The summed E-state index contributed by atoms with van der Waals surface area (Å²) in [5.41, 5.74) is 0.833. The highest BCUT2D eigenvalue weighted by Crippen LogP contribution is 2.17. The van der Waals surface area contributed by atoms with Gasteiger partial charge >= 0.3 is 0 Å². The summed E-state index contributed by atoms with van der Waals surface area (Å²) in [5, 5.41) is 10.1. The van der Waals surface area contributed by atoms with E-state index in [1.807, 2.05) is 32.9 Å². The molecule has 1 N–H and O–H groups in total. The Balaban J connectivity index is 1.74. The number of hydrogen-bond donors (Lipinski definition) is 1. The van der Waals surface area contributed by atoms with Crippen LogP contribution < -0.4 is 4.90 Å². The lowest BCUT2D eigenvalue weighted by Gasteiger charge is -2.37. The summed E-state index contributed by atoms with van der Waals surface area (Å²) in [6.45, 7) is 10.5. The first-order valence-corrected chi connectivity index (χ1v) is 7.88.